The first-order valence-electron chi connectivity index (χ1n) is 24.3. The van der Waals surface area contributed by atoms with Crippen LogP contribution in [0.4, 0.5) is 17.1 Å². The van der Waals surface area contributed by atoms with Crippen LogP contribution in [0.5, 0.6) is 0 Å². The number of hydrogen-bond acceptors (Lipinski definition) is 2. The van der Waals surface area contributed by atoms with Crippen molar-refractivity contribution < 1.29 is 0 Å². The van der Waals surface area contributed by atoms with Crippen molar-refractivity contribution in [2.45, 2.75) is 24.7 Å². The zero-order valence-electron chi connectivity index (χ0n) is 39.2. The molecule has 0 spiro atoms. The first kappa shape index (κ1) is 41.9. The first-order chi connectivity index (χ1) is 34.5. The van der Waals surface area contributed by atoms with Crippen LogP contribution in [0.3, 0.4) is 0 Å². The lowest BCUT2D eigenvalue weighted by Crippen LogP contribution is -2.28. The molecule has 70 heavy (non-hydrogen) atoms. The van der Waals surface area contributed by atoms with E-state index >= 15 is 0 Å². The summed E-state index contributed by atoms with van der Waals surface area (Å²) in [6.45, 7) is 4.72. The summed E-state index contributed by atoms with van der Waals surface area (Å²) < 4.78 is 0. The standard InChI is InChI=1S/C68H49NS/c1-67(2)58-32-19-18-31-56(58)62-60(67)33-20-34-61(62)69(54-40-35-47(36-41-54)46-21-8-3-9-22-46)55-42-37-48(38-43-55)51-39-44-59-57(45-51)63-64(68(59,52-27-14-6-15-28-52)53-29-16-7-17-30-53)66(50-25-12-5-13-26-50)70-65(63)49-23-10-4-11-24-49/h3-45H,1-2H3. The van der Waals surface area contributed by atoms with Crippen molar-refractivity contribution in [2.24, 2.45) is 0 Å². The monoisotopic (exact) mass is 911 g/mol. The van der Waals surface area contributed by atoms with Gasteiger partial charge in [-0.3, -0.25) is 0 Å². The van der Waals surface area contributed by atoms with Gasteiger partial charge in [0.2, 0.25) is 0 Å². The van der Waals surface area contributed by atoms with Gasteiger partial charge in [0.25, 0.3) is 0 Å². The van der Waals surface area contributed by atoms with Crippen LogP contribution in [0.2, 0.25) is 0 Å². The molecule has 1 aromatic heterocycles. The van der Waals surface area contributed by atoms with E-state index in [1.165, 1.54) is 104 Å². The molecule has 0 unspecified atom stereocenters. The molecule has 1 heterocycles. The van der Waals surface area contributed by atoms with E-state index in [1.54, 1.807) is 0 Å². The third kappa shape index (κ3) is 6.51. The van der Waals surface area contributed by atoms with Gasteiger partial charge in [0, 0.05) is 37.7 Å². The lowest BCUT2D eigenvalue weighted by molar-refractivity contribution is 0.660. The predicted molar refractivity (Wildman–Crippen MR) is 296 cm³/mol. The third-order valence-corrected chi connectivity index (χ3v) is 16.3. The van der Waals surface area contributed by atoms with Crippen LogP contribution in [0.15, 0.2) is 261 Å². The van der Waals surface area contributed by atoms with Crippen molar-refractivity contribution >= 4 is 28.4 Å². The molecule has 0 bridgehead atoms. The summed E-state index contributed by atoms with van der Waals surface area (Å²) >= 11 is 1.92. The van der Waals surface area contributed by atoms with Crippen molar-refractivity contribution in [3.8, 4) is 65.4 Å². The van der Waals surface area contributed by atoms with E-state index in [2.05, 4.69) is 280 Å². The Kier molecular flexibility index (Phi) is 10.0. The Morgan fingerprint density at radius 2 is 0.786 bits per heavy atom. The number of nitrogens with zero attached hydrogens (tertiary/aromatic N) is 1. The maximum absolute atomic E-state index is 2.48. The average molecular weight is 912 g/mol. The van der Waals surface area contributed by atoms with E-state index in [0.29, 0.717) is 0 Å². The summed E-state index contributed by atoms with van der Waals surface area (Å²) in [5.41, 5.74) is 23.1. The molecule has 0 saturated carbocycles. The van der Waals surface area contributed by atoms with Gasteiger partial charge in [-0.25, -0.2) is 0 Å². The van der Waals surface area contributed by atoms with Gasteiger partial charge in [0.15, 0.2) is 0 Å². The number of anilines is 3. The topological polar surface area (TPSA) is 3.24 Å². The maximum Gasteiger partial charge on any atom is 0.0728 e. The van der Waals surface area contributed by atoms with Gasteiger partial charge in [-0.05, 0) is 114 Å². The second-order valence-electron chi connectivity index (χ2n) is 19.2. The molecular formula is C68H49NS. The summed E-state index contributed by atoms with van der Waals surface area (Å²) in [5, 5.41) is 0. The molecule has 0 radical (unpaired) electrons. The smallest absolute Gasteiger partial charge is 0.0728 e. The largest absolute Gasteiger partial charge is 0.310 e. The van der Waals surface area contributed by atoms with Crippen molar-refractivity contribution in [1.29, 1.82) is 0 Å². The molecule has 2 aliphatic carbocycles. The molecule has 0 aliphatic heterocycles. The molecule has 11 aromatic rings. The van der Waals surface area contributed by atoms with Crippen molar-refractivity contribution in [3.63, 3.8) is 0 Å². The molecule has 0 saturated heterocycles. The Balaban J connectivity index is 0.999. The highest BCUT2D eigenvalue weighted by Crippen LogP contribution is 2.64. The van der Waals surface area contributed by atoms with Crippen LogP contribution >= 0.6 is 11.3 Å². The van der Waals surface area contributed by atoms with Gasteiger partial charge >= 0.3 is 0 Å². The molecule has 1 nitrogen and oxygen atoms in total. The molecular weight excluding hydrogens is 863 g/mol. The molecule has 2 heteroatoms. The summed E-state index contributed by atoms with van der Waals surface area (Å²) in [7, 11) is 0. The van der Waals surface area contributed by atoms with Crippen LogP contribution in [0.25, 0.3) is 65.4 Å². The Hall–Kier alpha value is -8.30. The number of rotatable bonds is 9. The highest BCUT2D eigenvalue weighted by atomic mass is 32.1. The normalized spacial score (nSPS) is 13.5. The minimum atomic E-state index is -0.552. The summed E-state index contributed by atoms with van der Waals surface area (Å²) in [4.78, 5) is 5.06. The van der Waals surface area contributed by atoms with Gasteiger partial charge in [-0.2, -0.15) is 0 Å². The Morgan fingerprint density at radius 1 is 0.329 bits per heavy atom. The van der Waals surface area contributed by atoms with Crippen LogP contribution in [-0.4, -0.2) is 0 Å². The van der Waals surface area contributed by atoms with Crippen LogP contribution < -0.4 is 4.90 Å². The molecule has 0 atom stereocenters. The van der Waals surface area contributed by atoms with Crippen molar-refractivity contribution in [3.05, 3.63) is 294 Å². The lowest BCUT2D eigenvalue weighted by atomic mass is 9.67. The van der Waals surface area contributed by atoms with Gasteiger partial charge < -0.3 is 4.90 Å². The minimum Gasteiger partial charge on any atom is -0.310 e. The van der Waals surface area contributed by atoms with Crippen molar-refractivity contribution in [2.75, 3.05) is 4.90 Å². The SMILES string of the molecule is CC1(C)c2ccccc2-c2c(N(c3ccc(-c4ccccc4)cc3)c3ccc(-c4ccc5c(c4)-c4c(-c6ccccc6)sc(-c6ccccc6)c4C5(c4ccccc4)c4ccccc4)cc3)cccc21. The average Bonchev–Trinajstić information content (AvgIpc) is 4.05. The summed E-state index contributed by atoms with van der Waals surface area (Å²) in [6.07, 6.45) is 0. The molecule has 0 amide bonds. The van der Waals surface area contributed by atoms with Crippen LogP contribution in [0, 0.1) is 0 Å². The molecule has 0 N–H and O–H groups in total. The molecule has 2 aliphatic rings. The van der Waals surface area contributed by atoms with Gasteiger partial charge in [0.05, 0.1) is 11.1 Å². The highest BCUT2D eigenvalue weighted by molar-refractivity contribution is 7.19. The Bertz CT molecular complexity index is 3650. The van der Waals surface area contributed by atoms with Crippen LogP contribution in [-0.2, 0) is 10.8 Å². The molecule has 10 aromatic carbocycles. The zero-order chi connectivity index (χ0) is 46.8. The second-order valence-corrected chi connectivity index (χ2v) is 20.2. The summed E-state index contributed by atoms with van der Waals surface area (Å²) in [5.74, 6) is 0. The van der Waals surface area contributed by atoms with E-state index in [9.17, 15) is 0 Å². The van der Waals surface area contributed by atoms with Crippen LogP contribution in [0.1, 0.15) is 47.2 Å². The zero-order valence-corrected chi connectivity index (χ0v) is 40.0. The third-order valence-electron chi connectivity index (χ3n) is 15.0. The molecule has 0 fully saturated rings. The van der Waals surface area contributed by atoms with E-state index in [0.717, 1.165) is 11.4 Å². The fraction of sp³-hybridized carbons (Fsp3) is 0.0588. The van der Waals surface area contributed by atoms with E-state index in [-0.39, 0.29) is 5.41 Å². The quantitative estimate of drug-likeness (QED) is 0.139. The fourth-order valence-corrected chi connectivity index (χ4v) is 13.1. The first-order valence-corrected chi connectivity index (χ1v) is 25.2. The van der Waals surface area contributed by atoms with E-state index in [1.807, 2.05) is 11.3 Å². The summed E-state index contributed by atoms with van der Waals surface area (Å²) in [6, 6.07) is 96.5. The van der Waals surface area contributed by atoms with E-state index < -0.39 is 5.41 Å². The second kappa shape index (κ2) is 16.7. The number of benzene rings is 10. The number of thiophene rings is 1. The van der Waals surface area contributed by atoms with Gasteiger partial charge in [-0.15, -0.1) is 11.3 Å². The lowest BCUT2D eigenvalue weighted by Gasteiger charge is -2.34. The molecule has 13 rings (SSSR count). The maximum atomic E-state index is 2.48. The van der Waals surface area contributed by atoms with Gasteiger partial charge in [-0.1, -0.05) is 238 Å². The number of hydrogen-bond donors (Lipinski definition) is 0. The fourth-order valence-electron chi connectivity index (χ4n) is 11.8. The van der Waals surface area contributed by atoms with Gasteiger partial charge in [0.1, 0.15) is 0 Å². The van der Waals surface area contributed by atoms with Crippen molar-refractivity contribution in [1.82, 2.24) is 0 Å². The predicted octanol–water partition coefficient (Wildman–Crippen LogP) is 18.6. The molecule has 332 valence electrons. The highest BCUT2D eigenvalue weighted by Gasteiger charge is 2.50. The number of fused-ring (bicyclic) bond motifs is 6. The Labute approximate surface area is 415 Å². The minimum absolute atomic E-state index is 0.120. The Morgan fingerprint density at radius 3 is 1.37 bits per heavy atom. The van der Waals surface area contributed by atoms with E-state index in [4.69, 9.17) is 0 Å².